The zero-order chi connectivity index (χ0) is 53.6. The third-order valence-electron chi connectivity index (χ3n) is 13.6. The summed E-state index contributed by atoms with van der Waals surface area (Å²) in [6.45, 7) is 6.51. The topological polar surface area (TPSA) is 78.9 Å². The van der Waals surface area contributed by atoms with Crippen LogP contribution in [0.2, 0.25) is 0 Å². The minimum Gasteiger partial charge on any atom is -0.462 e. The fourth-order valence-corrected chi connectivity index (χ4v) is 8.91. The van der Waals surface area contributed by atoms with E-state index >= 15 is 0 Å². The summed E-state index contributed by atoms with van der Waals surface area (Å²) in [6.07, 6.45) is 81.7. The molecule has 1 atom stereocenters. The zero-order valence-corrected chi connectivity index (χ0v) is 48.8. The minimum atomic E-state index is -0.779. The summed E-state index contributed by atoms with van der Waals surface area (Å²) < 4.78 is 16.9. The molecule has 0 aliphatic rings. The molecule has 0 aromatic carbocycles. The van der Waals surface area contributed by atoms with Gasteiger partial charge in [-0.3, -0.25) is 14.4 Å². The van der Waals surface area contributed by atoms with E-state index in [4.69, 9.17) is 14.2 Å². The second kappa shape index (κ2) is 62.1. The summed E-state index contributed by atoms with van der Waals surface area (Å²) in [5.41, 5.74) is 0. The van der Waals surface area contributed by atoms with E-state index in [1.807, 2.05) is 0 Å². The average Bonchev–Trinajstić information content (AvgIpc) is 3.40. The van der Waals surface area contributed by atoms with Crippen LogP contribution in [0.5, 0.6) is 0 Å². The maximum atomic E-state index is 12.9. The van der Waals surface area contributed by atoms with Gasteiger partial charge in [-0.1, -0.05) is 279 Å². The molecule has 0 aromatic heterocycles. The normalized spacial score (nSPS) is 12.6. The van der Waals surface area contributed by atoms with E-state index in [0.717, 1.165) is 103 Å². The third kappa shape index (κ3) is 59.5. The van der Waals surface area contributed by atoms with Gasteiger partial charge in [0, 0.05) is 19.3 Å². The van der Waals surface area contributed by atoms with Crippen LogP contribution in [0.15, 0.2) is 85.1 Å². The van der Waals surface area contributed by atoms with Crippen LogP contribution in [0.4, 0.5) is 0 Å². The van der Waals surface area contributed by atoms with Crippen molar-refractivity contribution in [2.75, 3.05) is 13.2 Å². The van der Waals surface area contributed by atoms with Gasteiger partial charge in [0.2, 0.25) is 0 Å². The number of carbonyl (C=O) groups excluding carboxylic acids is 3. The van der Waals surface area contributed by atoms with Gasteiger partial charge in [0.1, 0.15) is 13.2 Å². The molecule has 0 aliphatic carbocycles. The van der Waals surface area contributed by atoms with Crippen LogP contribution in [-0.4, -0.2) is 37.2 Å². The molecule has 74 heavy (non-hydrogen) atoms. The lowest BCUT2D eigenvalue weighted by Crippen LogP contribution is -2.30. The Morgan fingerprint density at radius 3 is 0.824 bits per heavy atom. The lowest BCUT2D eigenvalue weighted by atomic mass is 10.0. The highest BCUT2D eigenvalue weighted by atomic mass is 16.6. The molecule has 0 radical (unpaired) electrons. The molecule has 0 saturated heterocycles. The predicted molar refractivity (Wildman–Crippen MR) is 321 cm³/mol. The Bertz CT molecular complexity index is 1420. The molecule has 0 saturated carbocycles. The summed E-state index contributed by atoms with van der Waals surface area (Å²) >= 11 is 0. The van der Waals surface area contributed by atoms with Crippen LogP contribution in [0.1, 0.15) is 310 Å². The molecule has 0 heterocycles. The van der Waals surface area contributed by atoms with Crippen LogP contribution >= 0.6 is 0 Å². The number of esters is 3. The Hall–Kier alpha value is -3.41. The lowest BCUT2D eigenvalue weighted by Gasteiger charge is -2.18. The van der Waals surface area contributed by atoms with Crippen molar-refractivity contribution in [3.8, 4) is 0 Å². The highest BCUT2D eigenvalue weighted by molar-refractivity contribution is 5.71. The third-order valence-corrected chi connectivity index (χ3v) is 13.6. The zero-order valence-electron chi connectivity index (χ0n) is 48.8. The Kier molecular flexibility index (Phi) is 59.3. The van der Waals surface area contributed by atoms with Crippen LogP contribution in [0.25, 0.3) is 0 Å². The number of hydrogen-bond acceptors (Lipinski definition) is 6. The van der Waals surface area contributed by atoms with Crippen molar-refractivity contribution in [1.82, 2.24) is 0 Å². The maximum absolute atomic E-state index is 12.9. The minimum absolute atomic E-state index is 0.0778. The summed E-state index contributed by atoms with van der Waals surface area (Å²) in [5, 5.41) is 0. The molecular formula is C68H118O6. The highest BCUT2D eigenvalue weighted by Crippen LogP contribution is 2.16. The smallest absolute Gasteiger partial charge is 0.306 e. The van der Waals surface area contributed by atoms with Crippen LogP contribution in [0.3, 0.4) is 0 Å². The molecule has 0 spiro atoms. The van der Waals surface area contributed by atoms with Gasteiger partial charge in [-0.05, 0) is 96.3 Å². The van der Waals surface area contributed by atoms with Gasteiger partial charge in [0.25, 0.3) is 0 Å². The fraction of sp³-hybridized carbons (Fsp3) is 0.750. The van der Waals surface area contributed by atoms with E-state index in [-0.39, 0.29) is 31.1 Å². The Morgan fingerprint density at radius 2 is 0.527 bits per heavy atom. The van der Waals surface area contributed by atoms with Crippen LogP contribution in [-0.2, 0) is 28.6 Å². The van der Waals surface area contributed by atoms with Crippen molar-refractivity contribution in [2.45, 2.75) is 316 Å². The molecule has 0 rings (SSSR count). The Morgan fingerprint density at radius 1 is 0.284 bits per heavy atom. The summed E-state index contributed by atoms with van der Waals surface area (Å²) in [7, 11) is 0. The number of ether oxygens (including phenoxy) is 3. The molecule has 426 valence electrons. The van der Waals surface area contributed by atoms with Gasteiger partial charge in [0.05, 0.1) is 0 Å². The van der Waals surface area contributed by atoms with E-state index in [1.54, 1.807) is 0 Å². The Balaban J connectivity index is 4.20. The maximum Gasteiger partial charge on any atom is 0.306 e. The lowest BCUT2D eigenvalue weighted by molar-refractivity contribution is -0.167. The molecule has 1 unspecified atom stereocenters. The number of unbranched alkanes of at least 4 members (excludes halogenated alkanes) is 32. The molecule has 0 aliphatic heterocycles. The SMILES string of the molecule is CC/C=C\C/C=C\C/C=C\C/C=C\CCCCCCCCCCCCCCC(=O)OCC(COC(=O)CCCCCCCCCC)OC(=O)CCCCCCCCCC/C=C\C/C=C\C/C=C\CCCCCCC. The van der Waals surface area contributed by atoms with Crippen molar-refractivity contribution < 1.29 is 28.6 Å². The van der Waals surface area contributed by atoms with E-state index < -0.39 is 6.10 Å². The van der Waals surface area contributed by atoms with Gasteiger partial charge in [0.15, 0.2) is 6.10 Å². The molecule has 6 heteroatoms. The van der Waals surface area contributed by atoms with Crippen molar-refractivity contribution in [1.29, 1.82) is 0 Å². The van der Waals surface area contributed by atoms with Gasteiger partial charge < -0.3 is 14.2 Å². The van der Waals surface area contributed by atoms with Crippen LogP contribution < -0.4 is 0 Å². The van der Waals surface area contributed by atoms with E-state index in [1.165, 1.54) is 167 Å². The van der Waals surface area contributed by atoms with Gasteiger partial charge in [-0.25, -0.2) is 0 Å². The van der Waals surface area contributed by atoms with Crippen molar-refractivity contribution in [3.05, 3.63) is 85.1 Å². The quantitative estimate of drug-likeness (QED) is 0.0261. The van der Waals surface area contributed by atoms with Crippen molar-refractivity contribution in [3.63, 3.8) is 0 Å². The van der Waals surface area contributed by atoms with Gasteiger partial charge in [-0.15, -0.1) is 0 Å². The second-order valence-electron chi connectivity index (χ2n) is 20.9. The summed E-state index contributed by atoms with van der Waals surface area (Å²) in [6, 6.07) is 0. The fourth-order valence-electron chi connectivity index (χ4n) is 8.91. The van der Waals surface area contributed by atoms with Crippen LogP contribution in [0, 0.1) is 0 Å². The highest BCUT2D eigenvalue weighted by Gasteiger charge is 2.19. The molecule has 0 N–H and O–H groups in total. The van der Waals surface area contributed by atoms with E-state index in [0.29, 0.717) is 19.3 Å². The number of allylic oxidation sites excluding steroid dienone is 14. The van der Waals surface area contributed by atoms with E-state index in [2.05, 4.69) is 106 Å². The first-order chi connectivity index (χ1) is 36.5. The monoisotopic (exact) mass is 1030 g/mol. The first-order valence-electron chi connectivity index (χ1n) is 31.6. The molecule has 0 aromatic rings. The standard InChI is InChI=1S/C68H118O6/c1-4-7-10-13-16-19-21-23-25-27-29-31-33-34-36-37-39-41-43-45-47-49-52-55-58-61-67(70)73-64-65(63-72-66(69)60-57-54-51-18-15-12-9-6-3)74-68(71)62-59-56-53-50-48-46-44-42-40-38-35-32-30-28-26-24-22-20-17-14-11-8-5-2/h7,10,16,19,22-25,28-31,35,38,65H,4-6,8-9,11-15,17-18,20-21,26-27,32-34,36-37,39-64H2,1-3H3/b10-7-,19-16-,24-22-,25-23-,30-28-,31-29-,38-35-. The molecule has 0 bridgehead atoms. The average molecular weight is 1030 g/mol. The molecule has 6 nitrogen and oxygen atoms in total. The largest absolute Gasteiger partial charge is 0.462 e. The molecular weight excluding hydrogens is 913 g/mol. The first kappa shape index (κ1) is 70.6. The van der Waals surface area contributed by atoms with Gasteiger partial charge in [-0.2, -0.15) is 0 Å². The summed E-state index contributed by atoms with van der Waals surface area (Å²) in [4.78, 5) is 38.1. The molecule has 0 fully saturated rings. The number of hydrogen-bond donors (Lipinski definition) is 0. The van der Waals surface area contributed by atoms with Gasteiger partial charge >= 0.3 is 17.9 Å². The van der Waals surface area contributed by atoms with Crippen molar-refractivity contribution >= 4 is 17.9 Å². The summed E-state index contributed by atoms with van der Waals surface area (Å²) in [5.74, 6) is -0.881. The molecule has 0 amide bonds. The second-order valence-corrected chi connectivity index (χ2v) is 20.9. The Labute approximate surface area is 458 Å². The first-order valence-corrected chi connectivity index (χ1v) is 31.6. The predicted octanol–water partition coefficient (Wildman–Crippen LogP) is 21.5. The number of carbonyl (C=O) groups is 3. The van der Waals surface area contributed by atoms with Crippen molar-refractivity contribution in [2.24, 2.45) is 0 Å². The number of rotatable bonds is 57. The van der Waals surface area contributed by atoms with E-state index in [9.17, 15) is 14.4 Å².